The van der Waals surface area contributed by atoms with Crippen LogP contribution in [-0.2, 0) is 17.8 Å². The van der Waals surface area contributed by atoms with Gasteiger partial charge in [-0.25, -0.2) is 9.97 Å². The summed E-state index contributed by atoms with van der Waals surface area (Å²) in [6.07, 6.45) is 11.9. The molecule has 3 aromatic rings. The highest BCUT2D eigenvalue weighted by Gasteiger charge is 2.43. The van der Waals surface area contributed by atoms with Crippen molar-refractivity contribution in [3.63, 3.8) is 0 Å². The summed E-state index contributed by atoms with van der Waals surface area (Å²) in [6.45, 7) is 5.60. The molecule has 0 unspecified atom stereocenters. The van der Waals surface area contributed by atoms with Crippen LogP contribution in [0, 0.1) is 17.8 Å². The van der Waals surface area contributed by atoms with E-state index in [9.17, 15) is 0 Å². The zero-order chi connectivity index (χ0) is 21.0. The van der Waals surface area contributed by atoms with Crippen molar-refractivity contribution >= 4 is 5.95 Å². The SMILES string of the molecule is CCc1cnc(N2CCC([C@H]3C[C@H]3COCc3ccc(-n4cnnn4)cn3)CC2)nc1. The number of tetrazole rings is 1. The summed E-state index contributed by atoms with van der Waals surface area (Å²) in [5, 5.41) is 11.1. The fraction of sp³-hybridized carbons (Fsp3) is 0.545. The van der Waals surface area contributed by atoms with Gasteiger partial charge < -0.3 is 9.64 Å². The van der Waals surface area contributed by atoms with Gasteiger partial charge in [-0.15, -0.1) is 5.10 Å². The van der Waals surface area contributed by atoms with E-state index in [2.05, 4.69) is 42.3 Å². The summed E-state index contributed by atoms with van der Waals surface area (Å²) in [6, 6.07) is 3.92. The number of piperidine rings is 1. The van der Waals surface area contributed by atoms with E-state index < -0.39 is 0 Å². The number of aryl methyl sites for hydroxylation is 1. The van der Waals surface area contributed by atoms with Crippen molar-refractivity contribution in [1.82, 2.24) is 35.2 Å². The molecule has 0 bridgehead atoms. The van der Waals surface area contributed by atoms with Crippen molar-refractivity contribution in [2.75, 3.05) is 24.6 Å². The molecule has 1 saturated heterocycles. The first-order valence-corrected chi connectivity index (χ1v) is 11.1. The van der Waals surface area contributed by atoms with Gasteiger partial charge in [-0.05, 0) is 71.6 Å². The highest BCUT2D eigenvalue weighted by Crippen LogP contribution is 2.48. The van der Waals surface area contributed by atoms with Gasteiger partial charge in [0, 0.05) is 25.5 Å². The molecule has 0 aromatic carbocycles. The lowest BCUT2D eigenvalue weighted by atomic mass is 9.91. The molecule has 1 aliphatic heterocycles. The van der Waals surface area contributed by atoms with E-state index in [1.54, 1.807) is 17.2 Å². The number of hydrogen-bond acceptors (Lipinski definition) is 8. The molecule has 0 spiro atoms. The third-order valence-corrected chi connectivity index (χ3v) is 6.51. The predicted molar refractivity (Wildman–Crippen MR) is 115 cm³/mol. The summed E-state index contributed by atoms with van der Waals surface area (Å²) >= 11 is 0. The van der Waals surface area contributed by atoms with Crippen LogP contribution in [0.5, 0.6) is 0 Å². The molecule has 9 nitrogen and oxygen atoms in total. The normalized spacial score (nSPS) is 21.4. The zero-order valence-corrected chi connectivity index (χ0v) is 17.8. The molecule has 31 heavy (non-hydrogen) atoms. The second-order valence-corrected chi connectivity index (χ2v) is 8.51. The maximum Gasteiger partial charge on any atom is 0.225 e. The Morgan fingerprint density at radius 3 is 2.58 bits per heavy atom. The Bertz CT molecular complexity index is 952. The topological polar surface area (TPSA) is 94.7 Å². The van der Waals surface area contributed by atoms with Crippen molar-refractivity contribution in [3.05, 3.63) is 48.3 Å². The van der Waals surface area contributed by atoms with Crippen LogP contribution in [0.15, 0.2) is 37.1 Å². The summed E-state index contributed by atoms with van der Waals surface area (Å²) in [5.74, 6) is 3.18. The molecule has 0 amide bonds. The third kappa shape index (κ3) is 4.71. The van der Waals surface area contributed by atoms with Gasteiger partial charge in [0.15, 0.2) is 0 Å². The van der Waals surface area contributed by atoms with Crippen molar-refractivity contribution < 1.29 is 4.74 Å². The minimum Gasteiger partial charge on any atom is -0.375 e. The highest BCUT2D eigenvalue weighted by atomic mass is 16.5. The molecule has 1 saturated carbocycles. The van der Waals surface area contributed by atoms with E-state index >= 15 is 0 Å². The number of nitrogens with zero attached hydrogens (tertiary/aromatic N) is 8. The molecular formula is C22H28N8O. The molecule has 4 heterocycles. The van der Waals surface area contributed by atoms with Gasteiger partial charge in [0.25, 0.3) is 0 Å². The Balaban J connectivity index is 1.03. The van der Waals surface area contributed by atoms with E-state index in [0.29, 0.717) is 12.5 Å². The van der Waals surface area contributed by atoms with Crippen LogP contribution in [0.4, 0.5) is 5.95 Å². The number of aromatic nitrogens is 7. The summed E-state index contributed by atoms with van der Waals surface area (Å²) < 4.78 is 7.55. The van der Waals surface area contributed by atoms with Crippen molar-refractivity contribution in [3.8, 4) is 5.69 Å². The second-order valence-electron chi connectivity index (χ2n) is 8.51. The van der Waals surface area contributed by atoms with E-state index in [-0.39, 0.29) is 0 Å². The van der Waals surface area contributed by atoms with Gasteiger partial charge >= 0.3 is 0 Å². The average molecular weight is 421 g/mol. The van der Waals surface area contributed by atoms with Gasteiger partial charge in [0.2, 0.25) is 5.95 Å². The predicted octanol–water partition coefficient (Wildman–Crippen LogP) is 2.48. The maximum absolute atomic E-state index is 5.97. The Kier molecular flexibility index (Phi) is 5.84. The molecule has 0 radical (unpaired) electrons. The van der Waals surface area contributed by atoms with E-state index in [1.807, 2.05) is 24.5 Å². The smallest absolute Gasteiger partial charge is 0.225 e. The minimum absolute atomic E-state index is 0.544. The first kappa shape index (κ1) is 20.0. The molecule has 0 N–H and O–H groups in total. The standard InChI is InChI=1S/C22H28N8O/c1-2-16-10-24-22(25-11-16)29-7-5-17(6-8-29)21-9-18(21)13-31-14-19-3-4-20(12-23-19)30-15-26-27-28-30/h3-4,10-12,15,17-18,21H,2,5-9,13-14H2,1H3/t18-,21+/m0/s1. The molecule has 5 rings (SSSR count). The lowest BCUT2D eigenvalue weighted by molar-refractivity contribution is 0.102. The number of rotatable bonds is 8. The molecule has 9 heteroatoms. The minimum atomic E-state index is 0.544. The van der Waals surface area contributed by atoms with Crippen LogP contribution < -0.4 is 4.90 Å². The monoisotopic (exact) mass is 420 g/mol. The molecule has 162 valence electrons. The van der Waals surface area contributed by atoms with Gasteiger partial charge in [0.05, 0.1) is 30.8 Å². The summed E-state index contributed by atoms with van der Waals surface area (Å²) in [5.41, 5.74) is 2.96. The quantitative estimate of drug-likeness (QED) is 0.549. The Labute approximate surface area is 181 Å². The number of ether oxygens (including phenoxy) is 1. The van der Waals surface area contributed by atoms with E-state index in [4.69, 9.17) is 4.74 Å². The van der Waals surface area contributed by atoms with Crippen LogP contribution in [0.2, 0.25) is 0 Å². The average Bonchev–Trinajstić information content (AvgIpc) is 3.38. The zero-order valence-electron chi connectivity index (χ0n) is 17.8. The third-order valence-electron chi connectivity index (χ3n) is 6.51. The van der Waals surface area contributed by atoms with Crippen LogP contribution >= 0.6 is 0 Å². The fourth-order valence-electron chi connectivity index (χ4n) is 4.49. The van der Waals surface area contributed by atoms with Crippen molar-refractivity contribution in [2.24, 2.45) is 17.8 Å². The van der Waals surface area contributed by atoms with Gasteiger partial charge in [-0.2, -0.15) is 4.68 Å². The van der Waals surface area contributed by atoms with Crippen LogP contribution in [0.25, 0.3) is 5.69 Å². The Morgan fingerprint density at radius 2 is 1.90 bits per heavy atom. The second kappa shape index (κ2) is 9.05. The largest absolute Gasteiger partial charge is 0.375 e. The lowest BCUT2D eigenvalue weighted by Crippen LogP contribution is -2.35. The van der Waals surface area contributed by atoms with Crippen molar-refractivity contribution in [1.29, 1.82) is 0 Å². The lowest BCUT2D eigenvalue weighted by Gasteiger charge is -2.32. The van der Waals surface area contributed by atoms with E-state index in [0.717, 1.165) is 55.3 Å². The number of anilines is 1. The molecular weight excluding hydrogens is 392 g/mol. The molecule has 2 atom stereocenters. The Hall–Kier alpha value is -2.94. The molecule has 3 aromatic heterocycles. The molecule has 2 fully saturated rings. The first-order valence-electron chi connectivity index (χ1n) is 11.1. The fourth-order valence-corrected chi connectivity index (χ4v) is 4.49. The molecule has 1 aliphatic carbocycles. The molecule has 2 aliphatic rings. The highest BCUT2D eigenvalue weighted by molar-refractivity contribution is 5.30. The van der Waals surface area contributed by atoms with Crippen molar-refractivity contribution in [2.45, 2.75) is 39.2 Å². The number of pyridine rings is 1. The summed E-state index contributed by atoms with van der Waals surface area (Å²) in [7, 11) is 0. The van der Waals surface area contributed by atoms with E-state index in [1.165, 1.54) is 24.8 Å². The van der Waals surface area contributed by atoms with Gasteiger partial charge in [-0.3, -0.25) is 4.98 Å². The van der Waals surface area contributed by atoms with Gasteiger partial charge in [0.1, 0.15) is 6.33 Å². The van der Waals surface area contributed by atoms with Gasteiger partial charge in [-0.1, -0.05) is 6.92 Å². The van der Waals surface area contributed by atoms with Crippen LogP contribution in [0.1, 0.15) is 37.4 Å². The van der Waals surface area contributed by atoms with Crippen LogP contribution in [0.3, 0.4) is 0 Å². The maximum atomic E-state index is 5.97. The number of hydrogen-bond donors (Lipinski definition) is 0. The van der Waals surface area contributed by atoms with Crippen LogP contribution in [-0.4, -0.2) is 54.9 Å². The Morgan fingerprint density at radius 1 is 1.06 bits per heavy atom. The first-order chi connectivity index (χ1) is 15.3. The summed E-state index contributed by atoms with van der Waals surface area (Å²) in [4.78, 5) is 15.9.